The first-order valence-electron chi connectivity index (χ1n) is 13.9. The summed E-state index contributed by atoms with van der Waals surface area (Å²) in [6.45, 7) is 12.5. The maximum atomic E-state index is 13.2. The highest BCUT2D eigenvalue weighted by Gasteiger charge is 2.38. The van der Waals surface area contributed by atoms with E-state index in [0.29, 0.717) is 48.3 Å². The standard InChI is InChI=1S/C30H38ClN5O5Si/c1-30(2,3)42(4,5)41-18-14-24-29(39)36(17-19-40-24)23-12-8-21(9-13-23)34-28(38)25-26(27(32)37)35(16-15-33-25)22-10-6-20(31)7-11-22/h6-13,15,24H,14,16-19H2,1-5H3,(H2,32,37)(H,34,38). The van der Waals surface area contributed by atoms with Gasteiger partial charge in [-0.1, -0.05) is 32.4 Å². The van der Waals surface area contributed by atoms with Crippen molar-refractivity contribution in [3.8, 4) is 0 Å². The van der Waals surface area contributed by atoms with Crippen LogP contribution in [0.1, 0.15) is 27.2 Å². The van der Waals surface area contributed by atoms with E-state index in [1.165, 1.54) is 6.21 Å². The maximum absolute atomic E-state index is 13.2. The first-order chi connectivity index (χ1) is 19.8. The van der Waals surface area contributed by atoms with Gasteiger partial charge in [0.2, 0.25) is 0 Å². The van der Waals surface area contributed by atoms with Gasteiger partial charge in [0.25, 0.3) is 17.7 Å². The second-order valence-corrected chi connectivity index (χ2v) is 17.0. The Morgan fingerprint density at radius 2 is 1.71 bits per heavy atom. The smallest absolute Gasteiger partial charge is 0.276 e. The lowest BCUT2D eigenvalue weighted by molar-refractivity contribution is -0.134. The summed E-state index contributed by atoms with van der Waals surface area (Å²) < 4.78 is 12.0. The summed E-state index contributed by atoms with van der Waals surface area (Å²) in [6, 6.07) is 13.7. The van der Waals surface area contributed by atoms with Crippen LogP contribution in [0.25, 0.3) is 0 Å². The molecule has 1 fully saturated rings. The predicted molar refractivity (Wildman–Crippen MR) is 168 cm³/mol. The zero-order valence-electron chi connectivity index (χ0n) is 24.6. The molecule has 1 saturated heterocycles. The molecule has 2 aromatic rings. The molecule has 0 aromatic heterocycles. The van der Waals surface area contributed by atoms with E-state index >= 15 is 0 Å². The predicted octanol–water partition coefficient (Wildman–Crippen LogP) is 4.71. The Bertz CT molecular complexity index is 1390. The van der Waals surface area contributed by atoms with E-state index in [-0.39, 0.29) is 28.9 Å². The summed E-state index contributed by atoms with van der Waals surface area (Å²) in [7, 11) is -1.92. The van der Waals surface area contributed by atoms with E-state index in [0.717, 1.165) is 0 Å². The summed E-state index contributed by atoms with van der Waals surface area (Å²) in [6.07, 6.45) is 1.45. The molecule has 2 aromatic carbocycles. The number of primary amides is 1. The van der Waals surface area contributed by atoms with Gasteiger partial charge < -0.3 is 30.0 Å². The zero-order valence-corrected chi connectivity index (χ0v) is 26.4. The van der Waals surface area contributed by atoms with Gasteiger partial charge in [0.15, 0.2) is 14.0 Å². The number of amides is 3. The monoisotopic (exact) mass is 611 g/mol. The zero-order chi connectivity index (χ0) is 30.7. The first-order valence-corrected chi connectivity index (χ1v) is 17.2. The lowest BCUT2D eigenvalue weighted by Gasteiger charge is -2.37. The maximum Gasteiger partial charge on any atom is 0.276 e. The van der Waals surface area contributed by atoms with Crippen molar-refractivity contribution in [1.82, 2.24) is 0 Å². The van der Waals surface area contributed by atoms with Gasteiger partial charge in [-0.2, -0.15) is 0 Å². The number of anilines is 3. The van der Waals surface area contributed by atoms with Crippen LogP contribution in [0.15, 0.2) is 64.9 Å². The number of hydrogen-bond acceptors (Lipinski definition) is 7. The van der Waals surface area contributed by atoms with Crippen molar-refractivity contribution in [1.29, 1.82) is 0 Å². The normalized spacial score (nSPS) is 18.0. The molecule has 0 spiro atoms. The van der Waals surface area contributed by atoms with Crippen LogP contribution in [0.5, 0.6) is 0 Å². The number of halogens is 1. The molecular formula is C30H38ClN5O5Si. The second kappa shape index (κ2) is 12.8. The third-order valence-electron chi connectivity index (χ3n) is 7.83. The molecule has 4 rings (SSSR count). The summed E-state index contributed by atoms with van der Waals surface area (Å²) >= 11 is 6.00. The topological polar surface area (TPSA) is 127 Å². The average Bonchev–Trinajstić information content (AvgIpc) is 2.94. The molecule has 2 aliphatic heterocycles. The SMILES string of the molecule is CC(C)(C)[Si](C)(C)OCCC1OCCN(c2ccc(NC(=O)C3=C(C(N)=O)N(c4ccc(Cl)cc4)CC=N3)cc2)C1=O. The summed E-state index contributed by atoms with van der Waals surface area (Å²) in [5.41, 5.74) is 7.37. The molecule has 2 aliphatic rings. The fourth-order valence-corrected chi connectivity index (χ4v) is 5.61. The molecule has 12 heteroatoms. The quantitative estimate of drug-likeness (QED) is 0.396. The fourth-order valence-electron chi connectivity index (χ4n) is 4.42. The third-order valence-corrected chi connectivity index (χ3v) is 12.6. The van der Waals surface area contributed by atoms with Crippen LogP contribution in [0.3, 0.4) is 0 Å². The van der Waals surface area contributed by atoms with Crippen LogP contribution in [-0.4, -0.2) is 64.7 Å². The summed E-state index contributed by atoms with van der Waals surface area (Å²) in [4.78, 5) is 46.3. The first kappa shape index (κ1) is 31.4. The van der Waals surface area contributed by atoms with Gasteiger partial charge in [-0.25, -0.2) is 0 Å². The Balaban J connectivity index is 1.43. The van der Waals surface area contributed by atoms with Crippen molar-refractivity contribution < 1.29 is 23.5 Å². The van der Waals surface area contributed by atoms with Crippen molar-refractivity contribution >= 4 is 60.9 Å². The lowest BCUT2D eigenvalue weighted by Crippen LogP contribution is -2.49. The molecule has 0 bridgehead atoms. The number of aliphatic imine (C=N–C) groups is 1. The van der Waals surface area contributed by atoms with Crippen LogP contribution in [0, 0.1) is 0 Å². The Morgan fingerprint density at radius 3 is 2.33 bits per heavy atom. The number of nitrogens with zero attached hydrogens (tertiary/aromatic N) is 3. The van der Waals surface area contributed by atoms with Crippen LogP contribution in [0.2, 0.25) is 23.2 Å². The number of hydrogen-bond donors (Lipinski definition) is 2. The van der Waals surface area contributed by atoms with E-state index in [1.54, 1.807) is 58.3 Å². The molecule has 2 heterocycles. The molecule has 0 aliphatic carbocycles. The summed E-state index contributed by atoms with van der Waals surface area (Å²) in [5, 5.41) is 3.41. The number of nitrogens with one attached hydrogen (secondary N) is 1. The average molecular weight is 612 g/mol. The molecular weight excluding hydrogens is 574 g/mol. The number of benzene rings is 2. The van der Waals surface area contributed by atoms with Gasteiger partial charge in [-0.05, 0) is 66.7 Å². The molecule has 3 N–H and O–H groups in total. The molecule has 1 unspecified atom stereocenters. The van der Waals surface area contributed by atoms with Gasteiger partial charge in [0.1, 0.15) is 11.8 Å². The number of ether oxygens (including phenoxy) is 1. The van der Waals surface area contributed by atoms with Gasteiger partial charge in [0.05, 0.1) is 13.2 Å². The summed E-state index contributed by atoms with van der Waals surface area (Å²) in [5.74, 6) is -1.49. The number of carbonyl (C=O) groups is 3. The number of morpholine rings is 1. The van der Waals surface area contributed by atoms with Crippen LogP contribution in [0.4, 0.5) is 17.1 Å². The molecule has 1 atom stereocenters. The molecule has 10 nitrogen and oxygen atoms in total. The highest BCUT2D eigenvalue weighted by atomic mass is 35.5. The molecule has 224 valence electrons. The van der Waals surface area contributed by atoms with E-state index in [2.05, 4.69) is 44.2 Å². The number of rotatable bonds is 9. The highest BCUT2D eigenvalue weighted by Crippen LogP contribution is 2.36. The lowest BCUT2D eigenvalue weighted by atomic mass is 10.1. The van der Waals surface area contributed by atoms with Gasteiger partial charge in [-0.3, -0.25) is 19.4 Å². The third kappa shape index (κ3) is 7.09. The van der Waals surface area contributed by atoms with Gasteiger partial charge in [0, 0.05) is 47.9 Å². The van der Waals surface area contributed by atoms with Crippen LogP contribution >= 0.6 is 11.6 Å². The molecule has 0 saturated carbocycles. The van der Waals surface area contributed by atoms with Crippen molar-refractivity contribution in [2.24, 2.45) is 10.7 Å². The van der Waals surface area contributed by atoms with Crippen molar-refractivity contribution in [3.05, 3.63) is 64.9 Å². The van der Waals surface area contributed by atoms with Gasteiger partial charge >= 0.3 is 0 Å². The van der Waals surface area contributed by atoms with E-state index < -0.39 is 26.2 Å². The number of nitrogens with two attached hydrogens (primary N) is 1. The minimum absolute atomic E-state index is 0.0172. The Hall–Kier alpha value is -3.51. The Kier molecular flexibility index (Phi) is 9.56. The van der Waals surface area contributed by atoms with Gasteiger partial charge in [-0.15, -0.1) is 0 Å². The van der Waals surface area contributed by atoms with Crippen molar-refractivity contribution in [2.45, 2.75) is 51.4 Å². The number of carbonyl (C=O) groups excluding carboxylic acids is 3. The highest BCUT2D eigenvalue weighted by molar-refractivity contribution is 6.74. The molecule has 42 heavy (non-hydrogen) atoms. The van der Waals surface area contributed by atoms with E-state index in [9.17, 15) is 14.4 Å². The van der Waals surface area contributed by atoms with E-state index in [1.807, 2.05) is 0 Å². The fraction of sp³-hybridized carbons (Fsp3) is 0.400. The van der Waals surface area contributed by atoms with Crippen LogP contribution < -0.4 is 20.9 Å². The van der Waals surface area contributed by atoms with Crippen molar-refractivity contribution in [2.75, 3.05) is 41.4 Å². The second-order valence-electron chi connectivity index (χ2n) is 11.7. The Morgan fingerprint density at radius 1 is 1.10 bits per heavy atom. The largest absolute Gasteiger partial charge is 0.417 e. The molecule has 3 amide bonds. The minimum Gasteiger partial charge on any atom is -0.417 e. The molecule has 0 radical (unpaired) electrons. The Labute approximate surface area is 252 Å². The minimum atomic E-state index is -1.92. The van der Waals surface area contributed by atoms with Crippen molar-refractivity contribution in [3.63, 3.8) is 0 Å². The van der Waals surface area contributed by atoms with E-state index in [4.69, 9.17) is 26.5 Å². The van der Waals surface area contributed by atoms with Crippen LogP contribution in [-0.2, 0) is 23.5 Å².